The molecule has 1 aliphatic rings. The second kappa shape index (κ2) is 9.75. The summed E-state index contributed by atoms with van der Waals surface area (Å²) in [6.07, 6.45) is 3.99. The number of para-hydroxylation sites is 1. The van der Waals surface area contributed by atoms with E-state index in [4.69, 9.17) is 9.97 Å². The van der Waals surface area contributed by atoms with Gasteiger partial charge >= 0.3 is 0 Å². The van der Waals surface area contributed by atoms with Crippen LogP contribution in [0, 0.1) is 0 Å². The highest BCUT2D eigenvalue weighted by atomic mass is 15.0. The minimum Gasteiger partial charge on any atom is -0.308 e. The fourth-order valence-corrected chi connectivity index (χ4v) is 7.21. The molecule has 2 aromatic heterocycles. The summed E-state index contributed by atoms with van der Waals surface area (Å²) in [4.78, 5) is 10.4. The van der Waals surface area contributed by atoms with Gasteiger partial charge in [0.15, 0.2) is 5.82 Å². The molecule has 3 nitrogen and oxygen atoms in total. The van der Waals surface area contributed by atoms with Crippen molar-refractivity contribution in [3.63, 3.8) is 0 Å². The Balaban J connectivity index is 1.49. The van der Waals surface area contributed by atoms with Crippen LogP contribution < -0.4 is 0 Å². The molecule has 0 spiro atoms. The number of rotatable bonds is 5. The van der Waals surface area contributed by atoms with Crippen LogP contribution >= 0.6 is 0 Å². The van der Waals surface area contributed by atoms with Gasteiger partial charge in [-0.15, -0.1) is 0 Å². The van der Waals surface area contributed by atoms with Crippen molar-refractivity contribution < 1.29 is 0 Å². The van der Waals surface area contributed by atoms with E-state index in [1.165, 1.54) is 27.7 Å². The van der Waals surface area contributed by atoms with E-state index in [-0.39, 0.29) is 5.41 Å². The lowest BCUT2D eigenvalue weighted by molar-refractivity contribution is 0.660. The Kier molecular flexibility index (Phi) is 5.79. The third-order valence-electron chi connectivity index (χ3n) is 9.15. The normalized spacial score (nSPS) is 14.0. The topological polar surface area (TPSA) is 30.7 Å². The highest BCUT2D eigenvalue weighted by molar-refractivity contribution is 6.13. The highest BCUT2D eigenvalue weighted by Crippen LogP contribution is 2.52. The van der Waals surface area contributed by atoms with Gasteiger partial charge in [-0.2, -0.15) is 0 Å². The molecule has 0 amide bonds. The van der Waals surface area contributed by atoms with Crippen LogP contribution in [-0.4, -0.2) is 14.5 Å². The first-order chi connectivity index (χ1) is 21.5. The van der Waals surface area contributed by atoms with Crippen LogP contribution in [0.15, 0.2) is 146 Å². The Hall–Kier alpha value is -5.54. The van der Waals surface area contributed by atoms with Crippen molar-refractivity contribution in [1.82, 2.24) is 14.5 Å². The van der Waals surface area contributed by atoms with E-state index in [1.807, 2.05) is 36.4 Å². The maximum Gasteiger partial charge on any atom is 0.160 e. The second-order valence-electron chi connectivity index (χ2n) is 11.9. The molecule has 3 heteroatoms. The summed E-state index contributed by atoms with van der Waals surface area (Å²) < 4.78 is 2.42. The van der Waals surface area contributed by atoms with Crippen molar-refractivity contribution in [2.75, 3.05) is 0 Å². The van der Waals surface area contributed by atoms with Crippen LogP contribution in [-0.2, 0) is 5.41 Å². The molecule has 0 bridgehead atoms. The third kappa shape index (κ3) is 3.62. The lowest BCUT2D eigenvalue weighted by Gasteiger charge is -2.22. The van der Waals surface area contributed by atoms with E-state index in [9.17, 15) is 0 Å². The average molecular weight is 566 g/mol. The lowest BCUT2D eigenvalue weighted by Crippen LogP contribution is -2.15. The van der Waals surface area contributed by atoms with Gasteiger partial charge in [-0.3, -0.25) is 0 Å². The molecule has 0 aliphatic heterocycles. The summed E-state index contributed by atoms with van der Waals surface area (Å²) in [6, 6.07) is 40.3. The van der Waals surface area contributed by atoms with Crippen LogP contribution in [0.4, 0.5) is 0 Å². The molecule has 0 radical (unpaired) electrons. The Morgan fingerprint density at radius 2 is 1.27 bits per heavy atom. The summed E-state index contributed by atoms with van der Waals surface area (Å²) in [6.45, 7) is 13.0. The minimum absolute atomic E-state index is 0.203. The van der Waals surface area contributed by atoms with Gasteiger partial charge in [0.2, 0.25) is 0 Å². The quantitative estimate of drug-likeness (QED) is 0.194. The van der Waals surface area contributed by atoms with Crippen LogP contribution in [0.25, 0.3) is 66.5 Å². The zero-order chi connectivity index (χ0) is 30.0. The summed E-state index contributed by atoms with van der Waals surface area (Å²) >= 11 is 0. The Labute approximate surface area is 257 Å². The molecule has 0 saturated carbocycles. The van der Waals surface area contributed by atoms with E-state index in [1.54, 1.807) is 0 Å². The minimum atomic E-state index is -0.203. The van der Waals surface area contributed by atoms with Gasteiger partial charge in [0.25, 0.3) is 0 Å². The number of nitrogens with zero attached hydrogens (tertiary/aromatic N) is 3. The van der Waals surface area contributed by atoms with E-state index < -0.39 is 0 Å². The van der Waals surface area contributed by atoms with Crippen molar-refractivity contribution in [3.8, 4) is 28.3 Å². The fraction of sp³-hybridized carbons (Fsp3) is 0.0732. The summed E-state index contributed by atoms with van der Waals surface area (Å²) in [5.41, 5.74) is 10.9. The standard InChI is InChI=1S/C41H31N3/c1-5-28-33(6-2)41(3,4)36-31-20-13-14-22-35(31)44(39(28)36)34-23-15-21-30-29(34)24-25-32-37(26-16-9-7-10-17-26)42-40(43-38(30)32)27-18-11-8-12-19-27/h5-25H,1-2H2,3-4H3. The van der Waals surface area contributed by atoms with E-state index >= 15 is 0 Å². The molecule has 5 aromatic carbocycles. The summed E-state index contributed by atoms with van der Waals surface area (Å²) in [7, 11) is 0. The number of hydrogen-bond acceptors (Lipinski definition) is 2. The zero-order valence-electron chi connectivity index (χ0n) is 24.9. The van der Waals surface area contributed by atoms with Crippen LogP contribution in [0.2, 0.25) is 0 Å². The molecule has 0 atom stereocenters. The van der Waals surface area contributed by atoms with Crippen molar-refractivity contribution >= 4 is 38.2 Å². The van der Waals surface area contributed by atoms with Crippen LogP contribution in [0.1, 0.15) is 25.1 Å². The molecule has 0 unspecified atom stereocenters. The van der Waals surface area contributed by atoms with Crippen LogP contribution in [0.3, 0.4) is 0 Å². The predicted octanol–water partition coefficient (Wildman–Crippen LogP) is 10.5. The maximum absolute atomic E-state index is 5.24. The first kappa shape index (κ1) is 26.1. The van der Waals surface area contributed by atoms with Gasteiger partial charge in [-0.1, -0.05) is 136 Å². The van der Waals surface area contributed by atoms with Crippen molar-refractivity contribution in [3.05, 3.63) is 157 Å². The number of fused-ring (bicyclic) bond motifs is 6. The Bertz CT molecular complexity index is 2320. The van der Waals surface area contributed by atoms with Crippen molar-refractivity contribution in [2.24, 2.45) is 0 Å². The maximum atomic E-state index is 5.24. The zero-order valence-corrected chi connectivity index (χ0v) is 24.9. The number of benzene rings is 5. The van der Waals surface area contributed by atoms with E-state index in [0.717, 1.165) is 55.6 Å². The lowest BCUT2D eigenvalue weighted by atomic mass is 9.80. The smallest absolute Gasteiger partial charge is 0.160 e. The second-order valence-corrected chi connectivity index (χ2v) is 11.9. The number of hydrogen-bond donors (Lipinski definition) is 0. The highest BCUT2D eigenvalue weighted by Gasteiger charge is 2.40. The Morgan fingerprint density at radius 1 is 0.614 bits per heavy atom. The molecule has 7 aromatic rings. The van der Waals surface area contributed by atoms with Gasteiger partial charge in [-0.05, 0) is 29.3 Å². The summed E-state index contributed by atoms with van der Waals surface area (Å²) in [5, 5.41) is 4.51. The SMILES string of the molecule is C=CC1=C(C=C)C(C)(C)c2c1n(-c1cccc3c1ccc1c(-c4ccccc4)nc(-c4ccccc4)nc13)c1ccccc21. The molecule has 0 N–H and O–H groups in total. The largest absolute Gasteiger partial charge is 0.308 e. The van der Waals surface area contributed by atoms with Gasteiger partial charge < -0.3 is 4.57 Å². The van der Waals surface area contributed by atoms with E-state index in [0.29, 0.717) is 0 Å². The summed E-state index contributed by atoms with van der Waals surface area (Å²) in [5.74, 6) is 0.719. The first-order valence-electron chi connectivity index (χ1n) is 15.0. The number of aromatic nitrogens is 3. The molecule has 8 rings (SSSR count). The predicted molar refractivity (Wildman–Crippen MR) is 185 cm³/mol. The monoisotopic (exact) mass is 565 g/mol. The van der Waals surface area contributed by atoms with Crippen molar-refractivity contribution in [1.29, 1.82) is 0 Å². The van der Waals surface area contributed by atoms with Gasteiger partial charge in [0, 0.05) is 43.7 Å². The first-order valence-corrected chi connectivity index (χ1v) is 15.0. The molecule has 0 fully saturated rings. The molecule has 0 saturated heterocycles. The molecule has 2 heterocycles. The van der Waals surface area contributed by atoms with Gasteiger partial charge in [-0.25, -0.2) is 9.97 Å². The Morgan fingerprint density at radius 3 is 2.00 bits per heavy atom. The molecular weight excluding hydrogens is 534 g/mol. The van der Waals surface area contributed by atoms with E-state index in [2.05, 4.69) is 123 Å². The van der Waals surface area contributed by atoms with Gasteiger partial charge in [0.05, 0.1) is 28.1 Å². The van der Waals surface area contributed by atoms with Crippen LogP contribution in [0.5, 0.6) is 0 Å². The third-order valence-corrected chi connectivity index (χ3v) is 9.15. The molecule has 44 heavy (non-hydrogen) atoms. The average Bonchev–Trinajstić information content (AvgIpc) is 3.53. The molecule has 210 valence electrons. The fourth-order valence-electron chi connectivity index (χ4n) is 7.21. The van der Waals surface area contributed by atoms with Gasteiger partial charge in [0.1, 0.15) is 0 Å². The van der Waals surface area contributed by atoms with Crippen molar-refractivity contribution in [2.45, 2.75) is 19.3 Å². The molecule has 1 aliphatic carbocycles. The molecular formula is C41H31N3. The number of allylic oxidation sites excluding steroid dienone is 4.